The molecule has 0 aliphatic carbocycles. The van der Waals surface area contributed by atoms with E-state index < -0.39 is 10.0 Å². The highest BCUT2D eigenvalue weighted by molar-refractivity contribution is 7.90. The zero-order valence-electron chi connectivity index (χ0n) is 9.62. The van der Waals surface area contributed by atoms with Crippen molar-refractivity contribution in [1.29, 1.82) is 0 Å². The van der Waals surface area contributed by atoms with E-state index in [0.717, 1.165) is 32.4 Å². The second-order valence-corrected chi connectivity index (χ2v) is 6.62. The first-order chi connectivity index (χ1) is 7.02. The number of piperidine rings is 1. The summed E-state index contributed by atoms with van der Waals surface area (Å²) in [4.78, 5) is 0. The summed E-state index contributed by atoms with van der Waals surface area (Å²) in [6.45, 7) is 6.40. The monoisotopic (exact) mass is 234 g/mol. The van der Waals surface area contributed by atoms with Crippen molar-refractivity contribution in [2.45, 2.75) is 38.4 Å². The number of nitrogens with one attached hydrogen (secondary N) is 2. The van der Waals surface area contributed by atoms with E-state index in [1.807, 2.05) is 0 Å². The minimum Gasteiger partial charge on any atom is -0.317 e. The third-order valence-corrected chi connectivity index (χ3v) is 4.71. The molecule has 1 aliphatic heterocycles. The van der Waals surface area contributed by atoms with Crippen LogP contribution in [0.15, 0.2) is 0 Å². The van der Waals surface area contributed by atoms with Crippen molar-refractivity contribution in [3.8, 4) is 0 Å². The van der Waals surface area contributed by atoms with Gasteiger partial charge >= 0.3 is 0 Å². The molecule has 0 aromatic heterocycles. The minimum absolute atomic E-state index is 0.189. The number of hydrogen-bond acceptors (Lipinski definition) is 3. The SMILES string of the molecule is CC(C)CCNS(=O)(=O)C1CCNCC1. The molecule has 0 amide bonds. The van der Waals surface area contributed by atoms with Gasteiger partial charge in [0.05, 0.1) is 5.25 Å². The van der Waals surface area contributed by atoms with Crippen LogP contribution in [-0.2, 0) is 10.0 Å². The minimum atomic E-state index is -3.07. The van der Waals surface area contributed by atoms with Crippen molar-refractivity contribution in [3.05, 3.63) is 0 Å². The molecule has 0 aromatic carbocycles. The van der Waals surface area contributed by atoms with Crippen LogP contribution in [0.2, 0.25) is 0 Å². The lowest BCUT2D eigenvalue weighted by molar-refractivity contribution is 0.485. The fraction of sp³-hybridized carbons (Fsp3) is 1.00. The van der Waals surface area contributed by atoms with Crippen LogP contribution in [0.1, 0.15) is 33.1 Å². The molecule has 1 saturated heterocycles. The Hall–Kier alpha value is -0.130. The van der Waals surface area contributed by atoms with Crippen LogP contribution >= 0.6 is 0 Å². The van der Waals surface area contributed by atoms with Crippen LogP contribution < -0.4 is 10.0 Å². The average molecular weight is 234 g/mol. The largest absolute Gasteiger partial charge is 0.317 e. The van der Waals surface area contributed by atoms with E-state index in [2.05, 4.69) is 23.9 Å². The lowest BCUT2D eigenvalue weighted by atomic mass is 10.1. The average Bonchev–Trinajstić information content (AvgIpc) is 2.18. The van der Waals surface area contributed by atoms with E-state index in [4.69, 9.17) is 0 Å². The molecule has 4 nitrogen and oxygen atoms in total. The summed E-state index contributed by atoms with van der Waals surface area (Å²) in [6.07, 6.45) is 2.37. The molecule has 5 heteroatoms. The number of sulfonamides is 1. The van der Waals surface area contributed by atoms with E-state index in [1.165, 1.54) is 0 Å². The van der Waals surface area contributed by atoms with Gasteiger partial charge in [0.1, 0.15) is 0 Å². The van der Waals surface area contributed by atoms with Crippen molar-refractivity contribution in [1.82, 2.24) is 10.0 Å². The summed E-state index contributed by atoms with van der Waals surface area (Å²) < 4.78 is 26.4. The third-order valence-electron chi connectivity index (χ3n) is 2.75. The first-order valence-corrected chi connectivity index (χ1v) is 7.26. The predicted octanol–water partition coefficient (Wildman–Crippen LogP) is 0.704. The normalized spacial score (nSPS) is 19.7. The second-order valence-electron chi connectivity index (χ2n) is 4.57. The smallest absolute Gasteiger partial charge is 0.214 e. The maximum absolute atomic E-state index is 11.8. The van der Waals surface area contributed by atoms with E-state index in [9.17, 15) is 8.42 Å². The molecule has 0 unspecified atom stereocenters. The van der Waals surface area contributed by atoms with Gasteiger partial charge in [-0.2, -0.15) is 0 Å². The Morgan fingerprint density at radius 3 is 2.47 bits per heavy atom. The fourth-order valence-electron chi connectivity index (χ4n) is 1.71. The zero-order valence-corrected chi connectivity index (χ0v) is 10.4. The molecular weight excluding hydrogens is 212 g/mol. The van der Waals surface area contributed by atoms with Gasteiger partial charge in [-0.3, -0.25) is 0 Å². The van der Waals surface area contributed by atoms with Crippen molar-refractivity contribution in [2.24, 2.45) is 5.92 Å². The Balaban J connectivity index is 2.36. The van der Waals surface area contributed by atoms with Crippen molar-refractivity contribution >= 4 is 10.0 Å². The van der Waals surface area contributed by atoms with Gasteiger partial charge in [-0.15, -0.1) is 0 Å². The Labute approximate surface area is 92.9 Å². The van der Waals surface area contributed by atoms with Gasteiger partial charge in [-0.1, -0.05) is 13.8 Å². The maximum atomic E-state index is 11.8. The molecule has 0 spiro atoms. The molecule has 1 aliphatic rings. The molecule has 15 heavy (non-hydrogen) atoms. The van der Waals surface area contributed by atoms with E-state index in [1.54, 1.807) is 0 Å². The molecule has 0 radical (unpaired) electrons. The van der Waals surface area contributed by atoms with Gasteiger partial charge in [0.15, 0.2) is 0 Å². The summed E-state index contributed by atoms with van der Waals surface area (Å²) >= 11 is 0. The molecule has 1 rings (SSSR count). The van der Waals surface area contributed by atoms with Gasteiger partial charge in [0.2, 0.25) is 10.0 Å². The van der Waals surface area contributed by atoms with Gasteiger partial charge in [0.25, 0.3) is 0 Å². The summed E-state index contributed by atoms with van der Waals surface area (Å²) in [6, 6.07) is 0. The maximum Gasteiger partial charge on any atom is 0.214 e. The zero-order chi connectivity index (χ0) is 11.3. The van der Waals surface area contributed by atoms with E-state index in [0.29, 0.717) is 12.5 Å². The van der Waals surface area contributed by atoms with Crippen LogP contribution in [0.5, 0.6) is 0 Å². The Kier molecular flexibility index (Phi) is 5.02. The highest BCUT2D eigenvalue weighted by Gasteiger charge is 2.26. The molecule has 90 valence electrons. The highest BCUT2D eigenvalue weighted by Crippen LogP contribution is 2.12. The standard InChI is InChI=1S/C10H22N2O2S/c1-9(2)3-8-12-15(13,14)10-4-6-11-7-5-10/h9-12H,3-8H2,1-2H3. The summed E-state index contributed by atoms with van der Waals surface area (Å²) in [5.41, 5.74) is 0. The number of hydrogen-bond donors (Lipinski definition) is 2. The lowest BCUT2D eigenvalue weighted by Gasteiger charge is -2.23. The fourth-order valence-corrected chi connectivity index (χ4v) is 3.21. The van der Waals surface area contributed by atoms with Gasteiger partial charge in [-0.25, -0.2) is 13.1 Å². The lowest BCUT2D eigenvalue weighted by Crippen LogP contribution is -2.42. The third kappa shape index (κ3) is 4.49. The quantitative estimate of drug-likeness (QED) is 0.736. The van der Waals surface area contributed by atoms with Crippen LogP contribution in [0.4, 0.5) is 0 Å². The summed E-state index contributed by atoms with van der Waals surface area (Å²) in [5, 5.41) is 2.98. The Morgan fingerprint density at radius 1 is 1.33 bits per heavy atom. The molecule has 2 N–H and O–H groups in total. The van der Waals surface area contributed by atoms with Gasteiger partial charge < -0.3 is 5.32 Å². The van der Waals surface area contributed by atoms with E-state index in [-0.39, 0.29) is 5.25 Å². The molecule has 1 heterocycles. The predicted molar refractivity (Wildman–Crippen MR) is 62.3 cm³/mol. The van der Waals surface area contributed by atoms with Crippen molar-refractivity contribution in [2.75, 3.05) is 19.6 Å². The molecule has 0 bridgehead atoms. The molecule has 1 fully saturated rings. The summed E-state index contributed by atoms with van der Waals surface area (Å²) in [7, 11) is -3.07. The molecule has 0 saturated carbocycles. The summed E-state index contributed by atoms with van der Waals surface area (Å²) in [5.74, 6) is 0.542. The van der Waals surface area contributed by atoms with Gasteiger partial charge in [0, 0.05) is 6.54 Å². The van der Waals surface area contributed by atoms with Crippen molar-refractivity contribution in [3.63, 3.8) is 0 Å². The van der Waals surface area contributed by atoms with Gasteiger partial charge in [-0.05, 0) is 38.3 Å². The Morgan fingerprint density at radius 2 is 1.93 bits per heavy atom. The second kappa shape index (κ2) is 5.82. The molecular formula is C10H22N2O2S. The van der Waals surface area contributed by atoms with Crippen LogP contribution in [-0.4, -0.2) is 33.3 Å². The number of rotatable bonds is 5. The first-order valence-electron chi connectivity index (χ1n) is 5.71. The van der Waals surface area contributed by atoms with Crippen LogP contribution in [0.25, 0.3) is 0 Å². The van der Waals surface area contributed by atoms with Crippen LogP contribution in [0, 0.1) is 5.92 Å². The topological polar surface area (TPSA) is 58.2 Å². The highest BCUT2D eigenvalue weighted by atomic mass is 32.2. The van der Waals surface area contributed by atoms with E-state index >= 15 is 0 Å². The van der Waals surface area contributed by atoms with Crippen molar-refractivity contribution < 1.29 is 8.42 Å². The Bertz CT molecular complexity index is 269. The molecule has 0 atom stereocenters. The first kappa shape index (κ1) is 12.9. The molecule has 0 aromatic rings. The van der Waals surface area contributed by atoms with Crippen LogP contribution in [0.3, 0.4) is 0 Å².